The van der Waals surface area contributed by atoms with Gasteiger partial charge in [-0.15, -0.1) is 0 Å². The molecule has 0 spiro atoms. The Kier molecular flexibility index (Phi) is 6.79. The number of anilines is 1. The molecule has 3 rings (SSSR count). The summed E-state index contributed by atoms with van der Waals surface area (Å²) in [5.41, 5.74) is 1.49. The van der Waals surface area contributed by atoms with Gasteiger partial charge in [0, 0.05) is 39.7 Å². The molecule has 1 amide bonds. The topological polar surface area (TPSA) is 154 Å². The van der Waals surface area contributed by atoms with Crippen molar-refractivity contribution in [1.29, 1.82) is 0 Å². The van der Waals surface area contributed by atoms with E-state index in [-0.39, 0.29) is 40.0 Å². The number of primary sulfonamides is 1. The number of carbonyl (C=O) groups excluding carboxylic acids is 1. The number of fused-ring (bicyclic) bond motifs is 1. The van der Waals surface area contributed by atoms with Gasteiger partial charge in [-0.1, -0.05) is 0 Å². The maximum absolute atomic E-state index is 12.4. The highest BCUT2D eigenvalue weighted by Crippen LogP contribution is 2.26. The molecule has 33 heavy (non-hydrogen) atoms. The van der Waals surface area contributed by atoms with Crippen LogP contribution in [0.15, 0.2) is 46.2 Å². The zero-order chi connectivity index (χ0) is 24.6. The van der Waals surface area contributed by atoms with E-state index in [2.05, 4.69) is 10.3 Å². The molecule has 0 radical (unpaired) electrons. The lowest BCUT2D eigenvalue weighted by Crippen LogP contribution is -2.22. The zero-order valence-corrected chi connectivity index (χ0v) is 20.2. The summed E-state index contributed by atoms with van der Waals surface area (Å²) in [6, 6.07) is 8.83. The largest absolute Gasteiger partial charge is 0.495 e. The van der Waals surface area contributed by atoms with Crippen molar-refractivity contribution in [3.8, 4) is 5.75 Å². The number of nitrogens with one attached hydrogen (secondary N) is 1. The second-order valence-corrected chi connectivity index (χ2v) is 11.2. The number of ether oxygens (including phenoxy) is 1. The Labute approximate surface area is 192 Å². The lowest BCUT2D eigenvalue weighted by molar-refractivity contribution is -0.116. The van der Waals surface area contributed by atoms with Gasteiger partial charge in [0.15, 0.2) is 0 Å². The van der Waals surface area contributed by atoms with Crippen LogP contribution in [-0.2, 0) is 38.3 Å². The molecule has 0 atom stereocenters. The minimum Gasteiger partial charge on any atom is -0.495 e. The number of hydrogen-bond donors (Lipinski definition) is 2. The SMILES string of the molecule is COc1ccc(NC(=O)CCc2nc3cc(S(=O)(=O)N(C)C)ccc3n2C)cc1S(N)(=O)=O. The number of amides is 1. The summed E-state index contributed by atoms with van der Waals surface area (Å²) in [6.45, 7) is 0. The molecular weight excluding hydrogens is 470 g/mol. The van der Waals surface area contributed by atoms with Gasteiger partial charge in [-0.25, -0.2) is 31.3 Å². The Hall–Kier alpha value is -3.00. The third kappa shape index (κ3) is 5.16. The first-order valence-corrected chi connectivity index (χ1v) is 12.7. The highest BCUT2D eigenvalue weighted by molar-refractivity contribution is 7.89. The number of aryl methyl sites for hydroxylation is 2. The summed E-state index contributed by atoms with van der Waals surface area (Å²) in [5.74, 6) is 0.314. The maximum atomic E-state index is 12.4. The average molecular weight is 496 g/mol. The second kappa shape index (κ2) is 9.09. The van der Waals surface area contributed by atoms with E-state index in [0.717, 1.165) is 9.82 Å². The number of hydrogen-bond acceptors (Lipinski definition) is 7. The number of nitrogens with zero attached hydrogens (tertiary/aromatic N) is 3. The first-order chi connectivity index (χ1) is 15.3. The third-order valence-corrected chi connectivity index (χ3v) is 7.80. The molecule has 0 saturated heterocycles. The number of benzene rings is 2. The van der Waals surface area contributed by atoms with Crippen LogP contribution in [0.25, 0.3) is 11.0 Å². The summed E-state index contributed by atoms with van der Waals surface area (Å²) >= 11 is 0. The molecule has 3 N–H and O–H groups in total. The van der Waals surface area contributed by atoms with Crippen LogP contribution in [0.1, 0.15) is 12.2 Å². The molecule has 0 unspecified atom stereocenters. The van der Waals surface area contributed by atoms with Crippen molar-refractivity contribution >= 4 is 42.7 Å². The summed E-state index contributed by atoms with van der Waals surface area (Å²) < 4.78 is 56.1. The number of imidazole rings is 1. The molecular formula is C20H25N5O6S2. The summed E-state index contributed by atoms with van der Waals surface area (Å²) in [7, 11) is -1.62. The molecule has 13 heteroatoms. The molecule has 0 aliphatic rings. The quantitative estimate of drug-likeness (QED) is 0.473. The number of rotatable bonds is 8. The summed E-state index contributed by atoms with van der Waals surface area (Å²) in [5, 5.41) is 7.84. The van der Waals surface area contributed by atoms with Crippen molar-refractivity contribution < 1.29 is 26.4 Å². The Morgan fingerprint density at radius 1 is 1.15 bits per heavy atom. The second-order valence-electron chi connectivity index (χ2n) is 7.48. The van der Waals surface area contributed by atoms with Crippen LogP contribution in [0.4, 0.5) is 5.69 Å². The third-order valence-electron chi connectivity index (χ3n) is 5.05. The van der Waals surface area contributed by atoms with E-state index in [1.54, 1.807) is 17.7 Å². The van der Waals surface area contributed by atoms with Crippen LogP contribution in [0.5, 0.6) is 5.75 Å². The van der Waals surface area contributed by atoms with Crippen molar-refractivity contribution in [3.63, 3.8) is 0 Å². The van der Waals surface area contributed by atoms with Crippen LogP contribution < -0.4 is 15.2 Å². The molecule has 178 valence electrons. The van der Waals surface area contributed by atoms with Gasteiger partial charge in [0.05, 0.1) is 23.0 Å². The fraction of sp³-hybridized carbons (Fsp3) is 0.300. The molecule has 11 nitrogen and oxygen atoms in total. The fourth-order valence-corrected chi connectivity index (χ4v) is 4.90. The molecule has 1 aromatic heterocycles. The maximum Gasteiger partial charge on any atom is 0.242 e. The molecule has 3 aromatic rings. The standard InChI is InChI=1S/C20H25N5O6S2/c1-24(2)33(29,30)14-6-7-16-15(12-14)23-19(25(16)3)9-10-20(26)22-13-5-8-17(31-4)18(11-13)32(21,27)28/h5-8,11-12H,9-10H2,1-4H3,(H,22,26)(H2,21,27,28). The minimum absolute atomic E-state index is 0.0662. The Balaban J connectivity index is 1.77. The normalized spacial score (nSPS) is 12.3. The highest BCUT2D eigenvalue weighted by atomic mass is 32.2. The molecule has 0 fully saturated rings. The predicted octanol–water partition coefficient (Wildman–Crippen LogP) is 1.05. The van der Waals surface area contributed by atoms with Gasteiger partial charge in [0.1, 0.15) is 16.5 Å². The van der Waals surface area contributed by atoms with Crippen molar-refractivity contribution in [2.45, 2.75) is 22.6 Å². The smallest absolute Gasteiger partial charge is 0.242 e. The first-order valence-electron chi connectivity index (χ1n) is 9.73. The monoisotopic (exact) mass is 495 g/mol. The van der Waals surface area contributed by atoms with E-state index < -0.39 is 20.0 Å². The first kappa shape index (κ1) is 24.6. The van der Waals surface area contributed by atoms with E-state index >= 15 is 0 Å². The van der Waals surface area contributed by atoms with E-state index in [4.69, 9.17) is 9.88 Å². The van der Waals surface area contributed by atoms with Gasteiger partial charge < -0.3 is 14.6 Å². The highest BCUT2D eigenvalue weighted by Gasteiger charge is 2.20. The Morgan fingerprint density at radius 3 is 2.45 bits per heavy atom. The van der Waals surface area contributed by atoms with Crippen LogP contribution in [0.2, 0.25) is 0 Å². The Bertz CT molecular complexity index is 1430. The summed E-state index contributed by atoms with van der Waals surface area (Å²) in [6.07, 6.45) is 0.349. The summed E-state index contributed by atoms with van der Waals surface area (Å²) in [4.78, 5) is 16.8. The molecule has 0 aliphatic carbocycles. The van der Waals surface area contributed by atoms with Gasteiger partial charge in [-0.05, 0) is 36.4 Å². The fourth-order valence-electron chi connectivity index (χ4n) is 3.25. The lowest BCUT2D eigenvalue weighted by atomic mass is 10.2. The van der Waals surface area contributed by atoms with Crippen LogP contribution in [-0.4, -0.2) is 57.8 Å². The predicted molar refractivity (Wildman–Crippen MR) is 123 cm³/mol. The van der Waals surface area contributed by atoms with Crippen molar-refractivity contribution in [2.24, 2.45) is 12.2 Å². The zero-order valence-electron chi connectivity index (χ0n) is 18.6. The van der Waals surface area contributed by atoms with Crippen molar-refractivity contribution in [2.75, 3.05) is 26.5 Å². The van der Waals surface area contributed by atoms with E-state index in [9.17, 15) is 21.6 Å². The molecule has 1 heterocycles. The van der Waals surface area contributed by atoms with E-state index in [1.807, 2.05) is 0 Å². The number of nitrogens with two attached hydrogens (primary N) is 1. The Morgan fingerprint density at radius 2 is 1.85 bits per heavy atom. The number of sulfonamides is 2. The van der Waals surface area contributed by atoms with Gasteiger partial charge in [-0.2, -0.15) is 0 Å². The van der Waals surface area contributed by atoms with Crippen molar-refractivity contribution in [3.05, 3.63) is 42.2 Å². The van der Waals surface area contributed by atoms with E-state index in [0.29, 0.717) is 11.3 Å². The van der Waals surface area contributed by atoms with Crippen LogP contribution >= 0.6 is 0 Å². The molecule has 2 aromatic carbocycles. The lowest BCUT2D eigenvalue weighted by Gasteiger charge is -2.11. The number of carbonyl (C=O) groups is 1. The van der Waals surface area contributed by atoms with Crippen LogP contribution in [0.3, 0.4) is 0 Å². The molecule has 0 saturated carbocycles. The van der Waals surface area contributed by atoms with Gasteiger partial charge >= 0.3 is 0 Å². The number of aromatic nitrogens is 2. The minimum atomic E-state index is -4.03. The average Bonchev–Trinajstić information content (AvgIpc) is 3.06. The molecule has 0 aliphatic heterocycles. The van der Waals surface area contributed by atoms with Gasteiger partial charge in [-0.3, -0.25) is 4.79 Å². The number of methoxy groups -OCH3 is 1. The molecule has 0 bridgehead atoms. The van der Waals surface area contributed by atoms with Gasteiger partial charge in [0.25, 0.3) is 0 Å². The van der Waals surface area contributed by atoms with Crippen molar-refractivity contribution in [1.82, 2.24) is 13.9 Å². The van der Waals surface area contributed by atoms with Gasteiger partial charge in [0.2, 0.25) is 26.0 Å². The van der Waals surface area contributed by atoms with E-state index in [1.165, 1.54) is 51.5 Å². The van der Waals surface area contributed by atoms with Crippen LogP contribution in [0, 0.1) is 0 Å².